The van der Waals surface area contributed by atoms with Crippen molar-refractivity contribution in [3.05, 3.63) is 93.8 Å². The van der Waals surface area contributed by atoms with Gasteiger partial charge in [-0.3, -0.25) is 4.79 Å². The van der Waals surface area contributed by atoms with Gasteiger partial charge in [-0.1, -0.05) is 48.5 Å². The molecule has 1 heterocycles. The summed E-state index contributed by atoms with van der Waals surface area (Å²) in [4.78, 5) is 40.1. The van der Waals surface area contributed by atoms with Crippen LogP contribution in [0.25, 0.3) is 0 Å². The number of H-pyrrole nitrogens is 1. The fourth-order valence-electron chi connectivity index (χ4n) is 3.58. The number of ether oxygens (including phenoxy) is 2. The summed E-state index contributed by atoms with van der Waals surface area (Å²) < 4.78 is 10.1. The summed E-state index contributed by atoms with van der Waals surface area (Å²) in [5.74, 6) is -1.48. The number of aromatic amines is 1. The molecule has 0 spiro atoms. The molecule has 0 atom stereocenters. The molecule has 0 saturated heterocycles. The first-order chi connectivity index (χ1) is 14.9. The highest BCUT2D eigenvalue weighted by Crippen LogP contribution is 2.20. The maximum atomic E-state index is 12.7. The maximum absolute atomic E-state index is 12.7. The van der Waals surface area contributed by atoms with E-state index < -0.39 is 24.3 Å². The van der Waals surface area contributed by atoms with Gasteiger partial charge in [-0.2, -0.15) is 0 Å². The topological polar surface area (TPSA) is 85.5 Å². The molecule has 160 valence electrons. The van der Waals surface area contributed by atoms with Crippen molar-refractivity contribution < 1.29 is 23.9 Å². The van der Waals surface area contributed by atoms with E-state index in [1.165, 1.54) is 12.7 Å². The fraction of sp³-hybridized carbons (Fsp3) is 0.240. The Bertz CT molecular complexity index is 1100. The minimum Gasteiger partial charge on any atom is -0.465 e. The monoisotopic (exact) mass is 419 g/mol. The molecule has 0 fully saturated rings. The van der Waals surface area contributed by atoms with Crippen LogP contribution in [-0.2, 0) is 22.3 Å². The Balaban J connectivity index is 1.68. The Morgan fingerprint density at radius 1 is 0.871 bits per heavy atom. The molecule has 3 aromatic rings. The Hall–Kier alpha value is -3.67. The largest absolute Gasteiger partial charge is 0.465 e. The zero-order valence-electron chi connectivity index (χ0n) is 17.9. The van der Waals surface area contributed by atoms with Crippen molar-refractivity contribution in [3.63, 3.8) is 0 Å². The molecule has 3 rings (SSSR count). The summed E-state index contributed by atoms with van der Waals surface area (Å²) in [6, 6.07) is 17.3. The number of ketones is 1. The van der Waals surface area contributed by atoms with Crippen molar-refractivity contribution in [3.8, 4) is 0 Å². The number of Topliss-reactive ketones (excluding diaryl/α,β-unsaturated/α-hetero) is 1. The molecule has 6 heteroatoms. The van der Waals surface area contributed by atoms with Gasteiger partial charge < -0.3 is 14.5 Å². The van der Waals surface area contributed by atoms with Crippen molar-refractivity contribution in [1.82, 2.24) is 4.98 Å². The molecule has 0 amide bonds. The third-order valence-corrected chi connectivity index (χ3v) is 5.20. The predicted octanol–water partition coefficient (Wildman–Crippen LogP) is 4.24. The summed E-state index contributed by atoms with van der Waals surface area (Å²) in [5.41, 5.74) is 4.06. The number of methoxy groups -OCH3 is 1. The molecule has 6 nitrogen and oxygen atoms in total. The van der Waals surface area contributed by atoms with E-state index in [0.717, 1.165) is 12.0 Å². The zero-order valence-corrected chi connectivity index (χ0v) is 17.9. The van der Waals surface area contributed by atoms with Crippen LogP contribution in [-0.4, -0.2) is 36.4 Å². The van der Waals surface area contributed by atoms with Crippen molar-refractivity contribution in [1.29, 1.82) is 0 Å². The van der Waals surface area contributed by atoms with Crippen molar-refractivity contribution in [2.24, 2.45) is 0 Å². The summed E-state index contributed by atoms with van der Waals surface area (Å²) in [5, 5.41) is 0. The third kappa shape index (κ3) is 5.09. The molecule has 2 aromatic carbocycles. The van der Waals surface area contributed by atoms with Crippen LogP contribution in [0.4, 0.5) is 0 Å². The number of hydrogen-bond donors (Lipinski definition) is 1. The van der Waals surface area contributed by atoms with Crippen LogP contribution in [0.5, 0.6) is 0 Å². The van der Waals surface area contributed by atoms with Gasteiger partial charge in [0.15, 0.2) is 6.61 Å². The van der Waals surface area contributed by atoms with Gasteiger partial charge in [0.05, 0.1) is 23.9 Å². The number of rotatable bonds is 8. The summed E-state index contributed by atoms with van der Waals surface area (Å²) in [6.07, 6.45) is 1.47. The number of aromatic nitrogens is 1. The van der Waals surface area contributed by atoms with E-state index in [1.807, 2.05) is 42.5 Å². The van der Waals surface area contributed by atoms with Gasteiger partial charge in [-0.25, -0.2) is 9.59 Å². The van der Waals surface area contributed by atoms with Crippen molar-refractivity contribution in [2.75, 3.05) is 13.7 Å². The number of benzene rings is 2. The Morgan fingerprint density at radius 3 is 2.26 bits per heavy atom. The van der Waals surface area contributed by atoms with E-state index in [4.69, 9.17) is 9.47 Å². The van der Waals surface area contributed by atoms with Gasteiger partial charge in [0, 0.05) is 5.69 Å². The van der Waals surface area contributed by atoms with E-state index in [-0.39, 0.29) is 5.69 Å². The summed E-state index contributed by atoms with van der Waals surface area (Å²) >= 11 is 0. The number of carbonyl (C=O) groups excluding carboxylic acids is 3. The Labute approximate surface area is 181 Å². The molecule has 0 saturated carbocycles. The van der Waals surface area contributed by atoms with Crippen molar-refractivity contribution >= 4 is 17.7 Å². The van der Waals surface area contributed by atoms with E-state index in [1.54, 1.807) is 26.0 Å². The zero-order chi connectivity index (χ0) is 22.4. The second-order valence-electron chi connectivity index (χ2n) is 7.26. The first-order valence-corrected chi connectivity index (χ1v) is 10.0. The lowest BCUT2D eigenvalue weighted by atomic mass is 10.00. The molecule has 0 radical (unpaired) electrons. The number of hydrogen-bond acceptors (Lipinski definition) is 5. The molecular formula is C25H25NO5. The lowest BCUT2D eigenvalue weighted by molar-refractivity contribution is 0.0472. The molecule has 0 unspecified atom stereocenters. The highest BCUT2D eigenvalue weighted by atomic mass is 16.5. The van der Waals surface area contributed by atoms with Crippen LogP contribution in [0.3, 0.4) is 0 Å². The Kier molecular flexibility index (Phi) is 7.03. The minimum atomic E-state index is -0.550. The molecule has 31 heavy (non-hydrogen) atoms. The standard InChI is InChI=1S/C25H25NO5/c1-16-22(25(29)30-3)17(2)26-23(16)21(27)15-31-24(28)20-12-8-7-11-19(20)14-13-18-9-5-4-6-10-18/h4-12,26H,13-15H2,1-3H3. The lowest BCUT2D eigenvalue weighted by Crippen LogP contribution is -2.17. The van der Waals surface area contributed by atoms with Crippen LogP contribution < -0.4 is 0 Å². The van der Waals surface area contributed by atoms with E-state index in [2.05, 4.69) is 4.98 Å². The molecule has 0 bridgehead atoms. The van der Waals surface area contributed by atoms with Gasteiger partial charge in [-0.15, -0.1) is 0 Å². The van der Waals surface area contributed by atoms with Gasteiger partial charge >= 0.3 is 11.9 Å². The van der Waals surface area contributed by atoms with Gasteiger partial charge in [0.2, 0.25) is 5.78 Å². The van der Waals surface area contributed by atoms with Crippen molar-refractivity contribution in [2.45, 2.75) is 26.7 Å². The second kappa shape index (κ2) is 9.89. The molecular weight excluding hydrogens is 394 g/mol. The molecule has 0 aliphatic rings. The smallest absolute Gasteiger partial charge is 0.339 e. The van der Waals surface area contributed by atoms with Crippen LogP contribution in [0.1, 0.15) is 53.6 Å². The quantitative estimate of drug-likeness (QED) is 0.436. The minimum absolute atomic E-state index is 0.239. The maximum Gasteiger partial charge on any atom is 0.339 e. The average molecular weight is 419 g/mol. The molecule has 1 aromatic heterocycles. The van der Waals surface area contributed by atoms with Crippen LogP contribution in [0.15, 0.2) is 54.6 Å². The number of esters is 2. The molecule has 1 N–H and O–H groups in total. The summed E-state index contributed by atoms with van der Waals surface area (Å²) in [6.45, 7) is 2.92. The van der Waals surface area contributed by atoms with Gasteiger partial charge in [0.1, 0.15) is 0 Å². The Morgan fingerprint density at radius 2 is 1.55 bits per heavy atom. The van der Waals surface area contributed by atoms with E-state index in [0.29, 0.717) is 28.8 Å². The van der Waals surface area contributed by atoms with Crippen LogP contribution in [0, 0.1) is 13.8 Å². The fourth-order valence-corrected chi connectivity index (χ4v) is 3.58. The molecule has 0 aliphatic carbocycles. The number of carbonyl (C=O) groups is 3. The van der Waals surface area contributed by atoms with Crippen LogP contribution >= 0.6 is 0 Å². The first kappa shape index (κ1) is 22.0. The first-order valence-electron chi connectivity index (χ1n) is 10.0. The number of nitrogens with one attached hydrogen (secondary N) is 1. The third-order valence-electron chi connectivity index (χ3n) is 5.20. The van der Waals surface area contributed by atoms with E-state index in [9.17, 15) is 14.4 Å². The van der Waals surface area contributed by atoms with Gasteiger partial charge in [-0.05, 0) is 49.4 Å². The average Bonchev–Trinajstić information content (AvgIpc) is 3.10. The normalized spacial score (nSPS) is 10.5. The van der Waals surface area contributed by atoms with Gasteiger partial charge in [0.25, 0.3) is 0 Å². The van der Waals surface area contributed by atoms with E-state index >= 15 is 0 Å². The molecule has 0 aliphatic heterocycles. The lowest BCUT2D eigenvalue weighted by Gasteiger charge is -2.10. The summed E-state index contributed by atoms with van der Waals surface area (Å²) in [7, 11) is 1.28. The SMILES string of the molecule is COC(=O)c1c(C)[nH]c(C(=O)COC(=O)c2ccccc2CCc2ccccc2)c1C. The highest BCUT2D eigenvalue weighted by Gasteiger charge is 2.23. The predicted molar refractivity (Wildman–Crippen MR) is 117 cm³/mol. The van der Waals surface area contributed by atoms with Crippen LogP contribution in [0.2, 0.25) is 0 Å². The number of aryl methyl sites for hydroxylation is 3. The second-order valence-corrected chi connectivity index (χ2v) is 7.26. The highest BCUT2D eigenvalue weighted by molar-refractivity contribution is 6.03.